The average Bonchev–Trinajstić information content (AvgIpc) is 2.62. The van der Waals surface area contributed by atoms with E-state index in [1.165, 1.54) is 0 Å². The zero-order chi connectivity index (χ0) is 17.6. The van der Waals surface area contributed by atoms with Crippen LogP contribution in [0.15, 0.2) is 60.7 Å². The lowest BCUT2D eigenvalue weighted by Crippen LogP contribution is -2.13. The fraction of sp³-hybridized carbons (Fsp3) is 0.150. The van der Waals surface area contributed by atoms with Gasteiger partial charge in [-0.15, -0.1) is 0 Å². The SMILES string of the molecule is O=C(CCCOc1ccc(Cl)c(Cl)c1)Nc1cccc2ccccc12. The van der Waals surface area contributed by atoms with Crippen LogP contribution in [0.5, 0.6) is 5.75 Å². The van der Waals surface area contributed by atoms with E-state index in [4.69, 9.17) is 27.9 Å². The molecule has 0 unspecified atom stereocenters. The first-order valence-electron chi connectivity index (χ1n) is 7.99. The topological polar surface area (TPSA) is 38.3 Å². The van der Waals surface area contributed by atoms with Gasteiger partial charge in [-0.3, -0.25) is 4.79 Å². The highest BCUT2D eigenvalue weighted by Crippen LogP contribution is 2.26. The molecular weight excluding hydrogens is 357 g/mol. The van der Waals surface area contributed by atoms with Gasteiger partial charge in [0.2, 0.25) is 5.91 Å². The summed E-state index contributed by atoms with van der Waals surface area (Å²) in [6.45, 7) is 0.431. The van der Waals surface area contributed by atoms with Gasteiger partial charge < -0.3 is 10.1 Å². The molecule has 0 saturated heterocycles. The second kappa shape index (κ2) is 8.24. The molecule has 0 radical (unpaired) electrons. The van der Waals surface area contributed by atoms with Crippen LogP contribution in [0.4, 0.5) is 5.69 Å². The van der Waals surface area contributed by atoms with Crippen molar-refractivity contribution in [2.75, 3.05) is 11.9 Å². The van der Waals surface area contributed by atoms with Crippen LogP contribution in [0.2, 0.25) is 10.0 Å². The molecule has 3 nitrogen and oxygen atoms in total. The van der Waals surface area contributed by atoms with Crippen molar-refractivity contribution in [1.82, 2.24) is 0 Å². The predicted octanol–water partition coefficient (Wildman–Crippen LogP) is 5.94. The number of hydrogen-bond acceptors (Lipinski definition) is 2. The van der Waals surface area contributed by atoms with Gasteiger partial charge in [-0.1, -0.05) is 59.6 Å². The Hall–Kier alpha value is -2.23. The highest BCUT2D eigenvalue weighted by molar-refractivity contribution is 6.42. The lowest BCUT2D eigenvalue weighted by Gasteiger charge is -2.09. The van der Waals surface area contributed by atoms with E-state index >= 15 is 0 Å². The summed E-state index contributed by atoms with van der Waals surface area (Å²) in [6, 6.07) is 18.9. The van der Waals surface area contributed by atoms with E-state index in [0.29, 0.717) is 35.2 Å². The Morgan fingerprint density at radius 2 is 1.76 bits per heavy atom. The summed E-state index contributed by atoms with van der Waals surface area (Å²) in [5.74, 6) is 0.609. The standard InChI is InChI=1S/C20H17Cl2NO2/c21-17-11-10-15(13-18(17)22)25-12-4-9-20(24)23-19-8-3-6-14-5-1-2-7-16(14)19/h1-3,5-8,10-11,13H,4,9,12H2,(H,23,24). The average molecular weight is 374 g/mol. The zero-order valence-corrected chi connectivity index (χ0v) is 15.0. The van der Waals surface area contributed by atoms with Crippen molar-refractivity contribution in [2.24, 2.45) is 0 Å². The number of nitrogens with one attached hydrogen (secondary N) is 1. The molecule has 0 saturated carbocycles. The Kier molecular flexibility index (Phi) is 5.79. The van der Waals surface area contributed by atoms with Crippen molar-refractivity contribution < 1.29 is 9.53 Å². The molecule has 0 heterocycles. The van der Waals surface area contributed by atoms with E-state index in [0.717, 1.165) is 16.5 Å². The molecule has 128 valence electrons. The quantitative estimate of drug-likeness (QED) is 0.542. The summed E-state index contributed by atoms with van der Waals surface area (Å²) in [7, 11) is 0. The minimum atomic E-state index is -0.0332. The van der Waals surface area contributed by atoms with E-state index in [9.17, 15) is 4.79 Å². The number of anilines is 1. The maximum absolute atomic E-state index is 12.2. The Balaban J connectivity index is 1.50. The van der Waals surface area contributed by atoms with E-state index in [1.54, 1.807) is 18.2 Å². The molecule has 0 bridgehead atoms. The van der Waals surface area contributed by atoms with Crippen LogP contribution in [0.3, 0.4) is 0 Å². The van der Waals surface area contributed by atoms with Crippen LogP contribution >= 0.6 is 23.2 Å². The van der Waals surface area contributed by atoms with Crippen molar-refractivity contribution in [3.8, 4) is 5.75 Å². The number of ether oxygens (including phenoxy) is 1. The highest BCUT2D eigenvalue weighted by Gasteiger charge is 2.06. The smallest absolute Gasteiger partial charge is 0.224 e. The van der Waals surface area contributed by atoms with E-state index < -0.39 is 0 Å². The van der Waals surface area contributed by atoms with Gasteiger partial charge in [0, 0.05) is 23.6 Å². The molecule has 5 heteroatoms. The lowest BCUT2D eigenvalue weighted by molar-refractivity contribution is -0.116. The molecule has 0 aliphatic rings. The molecule has 0 spiro atoms. The number of amides is 1. The summed E-state index contributed by atoms with van der Waals surface area (Å²) in [5.41, 5.74) is 0.827. The molecule has 3 aromatic rings. The zero-order valence-electron chi connectivity index (χ0n) is 13.5. The van der Waals surface area contributed by atoms with Crippen LogP contribution in [-0.4, -0.2) is 12.5 Å². The second-order valence-electron chi connectivity index (χ2n) is 5.60. The predicted molar refractivity (Wildman–Crippen MR) is 104 cm³/mol. The van der Waals surface area contributed by atoms with Gasteiger partial charge in [-0.2, -0.15) is 0 Å². The van der Waals surface area contributed by atoms with E-state index in [-0.39, 0.29) is 5.91 Å². The Bertz CT molecular complexity index is 891. The minimum absolute atomic E-state index is 0.0332. The first kappa shape index (κ1) is 17.6. The summed E-state index contributed by atoms with van der Waals surface area (Å²) < 4.78 is 5.59. The van der Waals surface area contributed by atoms with Crippen LogP contribution < -0.4 is 10.1 Å². The Morgan fingerprint density at radius 3 is 2.60 bits per heavy atom. The van der Waals surface area contributed by atoms with Crippen molar-refractivity contribution in [1.29, 1.82) is 0 Å². The Morgan fingerprint density at radius 1 is 0.960 bits per heavy atom. The molecule has 0 aliphatic heterocycles. The van der Waals surface area contributed by atoms with Gasteiger partial charge >= 0.3 is 0 Å². The molecule has 0 atom stereocenters. The van der Waals surface area contributed by atoms with Crippen molar-refractivity contribution in [3.63, 3.8) is 0 Å². The molecule has 1 N–H and O–H groups in total. The van der Waals surface area contributed by atoms with Gasteiger partial charge in [0.25, 0.3) is 0 Å². The number of carbonyl (C=O) groups excluding carboxylic acids is 1. The van der Waals surface area contributed by atoms with Gasteiger partial charge in [-0.25, -0.2) is 0 Å². The number of hydrogen-bond donors (Lipinski definition) is 1. The minimum Gasteiger partial charge on any atom is -0.494 e. The van der Waals surface area contributed by atoms with Crippen LogP contribution in [0, 0.1) is 0 Å². The summed E-state index contributed by atoms with van der Waals surface area (Å²) in [5, 5.41) is 6.04. The first-order chi connectivity index (χ1) is 12.1. The summed E-state index contributed by atoms with van der Waals surface area (Å²) in [6.07, 6.45) is 0.987. The van der Waals surface area contributed by atoms with Gasteiger partial charge in [0.05, 0.1) is 16.7 Å². The third kappa shape index (κ3) is 4.65. The second-order valence-corrected chi connectivity index (χ2v) is 6.42. The van der Waals surface area contributed by atoms with Gasteiger partial charge in [-0.05, 0) is 30.0 Å². The third-order valence-electron chi connectivity index (χ3n) is 3.77. The van der Waals surface area contributed by atoms with Crippen molar-refractivity contribution in [2.45, 2.75) is 12.8 Å². The molecule has 3 rings (SSSR count). The van der Waals surface area contributed by atoms with E-state index in [2.05, 4.69) is 5.32 Å². The monoisotopic (exact) mass is 373 g/mol. The fourth-order valence-corrected chi connectivity index (χ4v) is 2.82. The van der Waals surface area contributed by atoms with Crippen LogP contribution in [0.1, 0.15) is 12.8 Å². The Labute approximate surface area is 156 Å². The van der Waals surface area contributed by atoms with Crippen molar-refractivity contribution >= 4 is 45.6 Å². The first-order valence-corrected chi connectivity index (χ1v) is 8.74. The molecular formula is C20H17Cl2NO2. The lowest BCUT2D eigenvalue weighted by atomic mass is 10.1. The summed E-state index contributed by atoms with van der Waals surface area (Å²) in [4.78, 5) is 12.2. The largest absolute Gasteiger partial charge is 0.494 e. The molecule has 1 amide bonds. The maximum Gasteiger partial charge on any atom is 0.224 e. The molecule has 25 heavy (non-hydrogen) atoms. The third-order valence-corrected chi connectivity index (χ3v) is 4.51. The molecule has 0 fully saturated rings. The summed E-state index contributed by atoms with van der Waals surface area (Å²) >= 11 is 11.8. The number of rotatable bonds is 6. The van der Waals surface area contributed by atoms with Crippen molar-refractivity contribution in [3.05, 3.63) is 70.7 Å². The molecule has 0 aromatic heterocycles. The normalized spacial score (nSPS) is 10.6. The number of halogens is 2. The van der Waals surface area contributed by atoms with Crippen LogP contribution in [-0.2, 0) is 4.79 Å². The maximum atomic E-state index is 12.2. The van der Waals surface area contributed by atoms with Gasteiger partial charge in [0.1, 0.15) is 5.75 Å². The van der Waals surface area contributed by atoms with Crippen LogP contribution in [0.25, 0.3) is 10.8 Å². The number of carbonyl (C=O) groups is 1. The fourth-order valence-electron chi connectivity index (χ4n) is 2.54. The van der Waals surface area contributed by atoms with E-state index in [1.807, 2.05) is 42.5 Å². The molecule has 0 aliphatic carbocycles. The molecule has 3 aromatic carbocycles. The highest BCUT2D eigenvalue weighted by atomic mass is 35.5. The van der Waals surface area contributed by atoms with Gasteiger partial charge in [0.15, 0.2) is 0 Å². The number of benzene rings is 3. The number of fused-ring (bicyclic) bond motifs is 1.